The van der Waals surface area contributed by atoms with Gasteiger partial charge < -0.3 is 15.2 Å². The van der Waals surface area contributed by atoms with Crippen LogP contribution >= 0.6 is 0 Å². The molecule has 2 heterocycles. The number of aromatic nitrogens is 1. The second-order valence-corrected chi connectivity index (χ2v) is 6.21. The van der Waals surface area contributed by atoms with Crippen LogP contribution in [0.15, 0.2) is 48.7 Å². The van der Waals surface area contributed by atoms with Crippen molar-refractivity contribution in [3.63, 3.8) is 0 Å². The van der Waals surface area contributed by atoms with E-state index in [1.165, 1.54) is 6.07 Å². The van der Waals surface area contributed by atoms with Crippen LogP contribution < -0.4 is 10.5 Å². The minimum absolute atomic E-state index is 0.0559. The lowest BCUT2D eigenvalue weighted by Gasteiger charge is -2.14. The molecular weight excluding hydrogens is 319 g/mol. The highest BCUT2D eigenvalue weighted by molar-refractivity contribution is 5.99. The van der Waals surface area contributed by atoms with E-state index in [0.29, 0.717) is 23.6 Å². The highest BCUT2D eigenvalue weighted by Crippen LogP contribution is 2.34. The van der Waals surface area contributed by atoms with Gasteiger partial charge in [0.05, 0.1) is 11.5 Å². The summed E-state index contributed by atoms with van der Waals surface area (Å²) in [6, 6.07) is 12.5. The van der Waals surface area contributed by atoms with Crippen molar-refractivity contribution in [1.82, 2.24) is 4.98 Å². The van der Waals surface area contributed by atoms with Crippen molar-refractivity contribution < 1.29 is 13.9 Å². The zero-order chi connectivity index (χ0) is 17.2. The van der Waals surface area contributed by atoms with Gasteiger partial charge in [-0.25, -0.2) is 9.37 Å². The number of halogens is 1. The third kappa shape index (κ3) is 3.15. The van der Waals surface area contributed by atoms with Gasteiger partial charge in [-0.05, 0) is 42.0 Å². The molecule has 128 valence electrons. The molecule has 4 nitrogen and oxygen atoms in total. The molecule has 0 saturated carbocycles. The summed E-state index contributed by atoms with van der Waals surface area (Å²) in [6.45, 7) is 1.14. The van der Waals surface area contributed by atoms with Crippen molar-refractivity contribution in [2.75, 3.05) is 18.9 Å². The first-order chi connectivity index (χ1) is 12.2. The van der Waals surface area contributed by atoms with E-state index in [0.717, 1.165) is 36.0 Å². The van der Waals surface area contributed by atoms with Crippen LogP contribution in [0, 0.1) is 5.82 Å². The molecule has 25 heavy (non-hydrogen) atoms. The Labute approximate surface area is 145 Å². The molecule has 1 saturated heterocycles. The number of nitrogens with two attached hydrogens (primary N) is 1. The monoisotopic (exact) mass is 338 g/mol. The number of fused-ring (bicyclic) bond motifs is 1. The maximum absolute atomic E-state index is 14.5. The van der Waals surface area contributed by atoms with Gasteiger partial charge in [-0.1, -0.05) is 24.3 Å². The third-order valence-electron chi connectivity index (χ3n) is 4.48. The summed E-state index contributed by atoms with van der Waals surface area (Å²) in [4.78, 5) is 4.38. The Balaban J connectivity index is 1.75. The predicted octanol–water partition coefficient (Wildman–Crippen LogP) is 4.18. The van der Waals surface area contributed by atoms with Gasteiger partial charge >= 0.3 is 0 Å². The van der Waals surface area contributed by atoms with Crippen molar-refractivity contribution in [3.05, 3.63) is 54.5 Å². The lowest BCUT2D eigenvalue weighted by molar-refractivity contribution is 0.0669. The summed E-state index contributed by atoms with van der Waals surface area (Å²) >= 11 is 0. The maximum atomic E-state index is 14.5. The number of nitrogens with zero attached hydrogens (tertiary/aromatic N) is 1. The molecule has 1 aliphatic rings. The molecule has 2 aromatic carbocycles. The fourth-order valence-corrected chi connectivity index (χ4v) is 3.17. The second-order valence-electron chi connectivity index (χ2n) is 6.21. The molecule has 1 aliphatic heterocycles. The highest BCUT2D eigenvalue weighted by Gasteiger charge is 2.19. The van der Waals surface area contributed by atoms with Gasteiger partial charge in [0.25, 0.3) is 0 Å². The fourth-order valence-electron chi connectivity index (χ4n) is 3.17. The van der Waals surface area contributed by atoms with Crippen LogP contribution in [0.2, 0.25) is 0 Å². The van der Waals surface area contributed by atoms with Crippen molar-refractivity contribution in [2.45, 2.75) is 18.9 Å². The van der Waals surface area contributed by atoms with Crippen molar-refractivity contribution in [2.24, 2.45) is 0 Å². The maximum Gasteiger partial charge on any atom is 0.224 e. The first-order valence-corrected chi connectivity index (χ1v) is 8.40. The quantitative estimate of drug-likeness (QED) is 0.725. The Hall–Kier alpha value is -2.66. The summed E-state index contributed by atoms with van der Waals surface area (Å²) in [6.07, 6.45) is 3.77. The third-order valence-corrected chi connectivity index (χ3v) is 4.48. The van der Waals surface area contributed by atoms with Crippen molar-refractivity contribution >= 4 is 16.5 Å². The summed E-state index contributed by atoms with van der Waals surface area (Å²) in [7, 11) is 0. The normalized spacial score (nSPS) is 17.1. The molecule has 1 atom stereocenters. The smallest absolute Gasteiger partial charge is 0.224 e. The number of rotatable bonds is 4. The average Bonchev–Trinajstić information content (AvgIpc) is 3.14. The van der Waals surface area contributed by atoms with Crippen LogP contribution in [0.4, 0.5) is 10.1 Å². The zero-order valence-corrected chi connectivity index (χ0v) is 13.7. The minimum atomic E-state index is -0.343. The number of hydrogen-bond donors (Lipinski definition) is 1. The van der Waals surface area contributed by atoms with E-state index in [2.05, 4.69) is 4.98 Å². The van der Waals surface area contributed by atoms with Crippen molar-refractivity contribution in [1.29, 1.82) is 0 Å². The van der Waals surface area contributed by atoms with Crippen LogP contribution in [0.5, 0.6) is 5.88 Å². The molecule has 3 aromatic rings. The Kier molecular flexibility index (Phi) is 4.24. The molecule has 0 radical (unpaired) electrons. The first-order valence-electron chi connectivity index (χ1n) is 8.40. The SMILES string of the molecule is Nc1ccc(-c2cnc(OCC3CCCO3)c3c(F)cccc23)cc1. The predicted molar refractivity (Wildman–Crippen MR) is 96.0 cm³/mol. The van der Waals surface area contributed by atoms with Gasteiger partial charge in [0.15, 0.2) is 0 Å². The Morgan fingerprint density at radius 3 is 2.80 bits per heavy atom. The van der Waals surface area contributed by atoms with E-state index < -0.39 is 0 Å². The number of hydrogen-bond acceptors (Lipinski definition) is 4. The summed E-state index contributed by atoms with van der Waals surface area (Å²) in [5.74, 6) is -0.0348. The summed E-state index contributed by atoms with van der Waals surface area (Å²) < 4.78 is 25.9. The van der Waals surface area contributed by atoms with Crippen LogP contribution in [-0.4, -0.2) is 24.3 Å². The zero-order valence-electron chi connectivity index (χ0n) is 13.7. The van der Waals surface area contributed by atoms with Crippen LogP contribution in [0.3, 0.4) is 0 Å². The van der Waals surface area contributed by atoms with Crippen LogP contribution in [0.1, 0.15) is 12.8 Å². The standard InChI is InChI=1S/C20H19FN2O2/c21-18-5-1-4-16-17(13-6-8-14(22)9-7-13)11-23-20(19(16)18)25-12-15-3-2-10-24-15/h1,4-9,11,15H,2-3,10,12,22H2. The minimum Gasteiger partial charge on any atom is -0.474 e. The Bertz CT molecular complexity index is 890. The second kappa shape index (κ2) is 6.69. The lowest BCUT2D eigenvalue weighted by Crippen LogP contribution is -2.17. The summed E-state index contributed by atoms with van der Waals surface area (Å²) in [5.41, 5.74) is 8.22. The fraction of sp³-hybridized carbons (Fsp3) is 0.250. The molecule has 1 unspecified atom stereocenters. The van der Waals surface area contributed by atoms with E-state index in [1.54, 1.807) is 12.3 Å². The topological polar surface area (TPSA) is 57.4 Å². The Morgan fingerprint density at radius 1 is 1.20 bits per heavy atom. The van der Waals surface area contributed by atoms with E-state index in [1.807, 2.05) is 30.3 Å². The van der Waals surface area contributed by atoms with E-state index >= 15 is 0 Å². The number of ether oxygens (including phenoxy) is 2. The molecule has 1 aromatic heterocycles. The van der Waals surface area contributed by atoms with E-state index in [-0.39, 0.29) is 11.9 Å². The number of benzene rings is 2. The van der Waals surface area contributed by atoms with E-state index in [9.17, 15) is 4.39 Å². The molecule has 0 spiro atoms. The highest BCUT2D eigenvalue weighted by atomic mass is 19.1. The van der Waals surface area contributed by atoms with Gasteiger partial charge in [0, 0.05) is 24.1 Å². The van der Waals surface area contributed by atoms with Crippen LogP contribution in [-0.2, 0) is 4.74 Å². The van der Waals surface area contributed by atoms with Gasteiger partial charge in [-0.15, -0.1) is 0 Å². The lowest BCUT2D eigenvalue weighted by atomic mass is 10.0. The number of anilines is 1. The molecule has 0 amide bonds. The van der Waals surface area contributed by atoms with Gasteiger partial charge in [-0.3, -0.25) is 0 Å². The first kappa shape index (κ1) is 15.8. The largest absolute Gasteiger partial charge is 0.474 e. The van der Waals surface area contributed by atoms with E-state index in [4.69, 9.17) is 15.2 Å². The molecule has 4 rings (SSSR count). The number of pyridine rings is 1. The van der Waals surface area contributed by atoms with Gasteiger partial charge in [0.1, 0.15) is 12.4 Å². The molecule has 1 fully saturated rings. The number of nitrogen functional groups attached to an aromatic ring is 1. The molecule has 5 heteroatoms. The molecular formula is C20H19FN2O2. The molecule has 0 aliphatic carbocycles. The van der Waals surface area contributed by atoms with Crippen molar-refractivity contribution in [3.8, 4) is 17.0 Å². The average molecular weight is 338 g/mol. The van der Waals surface area contributed by atoms with Gasteiger partial charge in [0.2, 0.25) is 5.88 Å². The Morgan fingerprint density at radius 2 is 2.04 bits per heavy atom. The van der Waals surface area contributed by atoms with Gasteiger partial charge in [-0.2, -0.15) is 0 Å². The van der Waals surface area contributed by atoms with Crippen LogP contribution in [0.25, 0.3) is 21.9 Å². The molecule has 0 bridgehead atoms. The summed E-state index contributed by atoms with van der Waals surface area (Å²) in [5, 5.41) is 1.16. The molecule has 2 N–H and O–H groups in total.